The van der Waals surface area contributed by atoms with Gasteiger partial charge in [0.2, 0.25) is 5.91 Å². The fraction of sp³-hybridized carbons (Fsp3) is 0.250. The number of aromatic carboxylic acids is 1. The minimum Gasteiger partial charge on any atom is -0.478 e. The fourth-order valence-corrected chi connectivity index (χ4v) is 1.29. The first-order valence-electron chi connectivity index (χ1n) is 5.00. The molecule has 2 N–H and O–H groups in total. The highest BCUT2D eigenvalue weighted by Gasteiger charge is 2.13. The number of carbonyl (C=O) groups is 2. The summed E-state index contributed by atoms with van der Waals surface area (Å²) in [5.74, 6) is -2.16. The zero-order valence-corrected chi connectivity index (χ0v) is 9.52. The molecule has 1 rings (SSSR count). The van der Waals surface area contributed by atoms with E-state index in [0.29, 0.717) is 11.3 Å². The molecule has 1 aromatic carbocycles. The molecule has 1 atom stereocenters. The summed E-state index contributed by atoms with van der Waals surface area (Å²) in [6.07, 6.45) is 0. The minimum atomic E-state index is -1.01. The first-order chi connectivity index (χ1) is 7.95. The summed E-state index contributed by atoms with van der Waals surface area (Å²) < 4.78 is 0. The predicted molar refractivity (Wildman–Crippen MR) is 61.5 cm³/mol. The Kier molecular flexibility index (Phi) is 3.83. The third-order valence-electron chi connectivity index (χ3n) is 2.31. The van der Waals surface area contributed by atoms with Crippen molar-refractivity contribution in [3.63, 3.8) is 0 Å². The molecule has 1 aromatic rings. The van der Waals surface area contributed by atoms with Gasteiger partial charge in [0.25, 0.3) is 0 Å². The van der Waals surface area contributed by atoms with Crippen molar-refractivity contribution >= 4 is 17.6 Å². The van der Waals surface area contributed by atoms with Gasteiger partial charge < -0.3 is 10.4 Å². The lowest BCUT2D eigenvalue weighted by atomic mass is 10.1. The Labute approximate surface area is 98.7 Å². The molecule has 0 saturated carbocycles. The molecule has 0 spiro atoms. The number of nitrogens with one attached hydrogen (secondary N) is 1. The number of carboxylic acid groups (broad SMARTS) is 1. The maximum Gasteiger partial charge on any atom is 0.335 e. The monoisotopic (exact) mass is 232 g/mol. The third kappa shape index (κ3) is 3.05. The van der Waals surface area contributed by atoms with E-state index < -0.39 is 17.8 Å². The largest absolute Gasteiger partial charge is 0.478 e. The number of hydrogen-bond acceptors (Lipinski definition) is 3. The van der Waals surface area contributed by atoms with Gasteiger partial charge in [-0.05, 0) is 37.6 Å². The maximum absolute atomic E-state index is 11.4. The number of carbonyl (C=O) groups excluding carboxylic acids is 1. The lowest BCUT2D eigenvalue weighted by molar-refractivity contribution is -0.117. The van der Waals surface area contributed by atoms with Gasteiger partial charge in [0.1, 0.15) is 5.92 Å². The quantitative estimate of drug-likeness (QED) is 0.831. The summed E-state index contributed by atoms with van der Waals surface area (Å²) in [4.78, 5) is 22.2. The van der Waals surface area contributed by atoms with E-state index in [1.165, 1.54) is 19.1 Å². The molecule has 88 valence electrons. The average molecular weight is 232 g/mol. The zero-order chi connectivity index (χ0) is 13.0. The van der Waals surface area contributed by atoms with Crippen LogP contribution in [0.5, 0.6) is 0 Å². The van der Waals surface area contributed by atoms with Crippen LogP contribution in [0.4, 0.5) is 5.69 Å². The van der Waals surface area contributed by atoms with E-state index in [4.69, 9.17) is 10.4 Å². The lowest BCUT2D eigenvalue weighted by Crippen LogP contribution is -2.19. The maximum atomic E-state index is 11.4. The number of nitrogens with zero attached hydrogens (tertiary/aromatic N) is 1. The first kappa shape index (κ1) is 12.7. The van der Waals surface area contributed by atoms with Crippen molar-refractivity contribution in [2.45, 2.75) is 13.8 Å². The van der Waals surface area contributed by atoms with Gasteiger partial charge in [0, 0.05) is 5.69 Å². The number of hydrogen-bond donors (Lipinski definition) is 2. The Morgan fingerprint density at radius 1 is 1.47 bits per heavy atom. The number of nitriles is 1. The summed E-state index contributed by atoms with van der Waals surface area (Å²) in [6, 6.07) is 6.30. The van der Waals surface area contributed by atoms with Gasteiger partial charge in [-0.2, -0.15) is 5.26 Å². The van der Waals surface area contributed by atoms with E-state index >= 15 is 0 Å². The van der Waals surface area contributed by atoms with Crippen LogP contribution >= 0.6 is 0 Å². The van der Waals surface area contributed by atoms with E-state index in [1.807, 2.05) is 6.07 Å². The molecule has 0 bridgehead atoms. The average Bonchev–Trinajstić information content (AvgIpc) is 2.27. The summed E-state index contributed by atoms with van der Waals surface area (Å²) >= 11 is 0. The molecule has 0 aromatic heterocycles. The van der Waals surface area contributed by atoms with Crippen molar-refractivity contribution in [1.82, 2.24) is 0 Å². The molecular formula is C12H12N2O3. The second-order valence-electron chi connectivity index (χ2n) is 3.67. The Hall–Kier alpha value is -2.35. The molecule has 0 aliphatic carbocycles. The van der Waals surface area contributed by atoms with E-state index in [-0.39, 0.29) is 5.56 Å². The van der Waals surface area contributed by atoms with Gasteiger partial charge in [0.05, 0.1) is 11.6 Å². The highest BCUT2D eigenvalue weighted by atomic mass is 16.4. The van der Waals surface area contributed by atoms with Crippen LogP contribution in [0.15, 0.2) is 18.2 Å². The van der Waals surface area contributed by atoms with E-state index in [1.54, 1.807) is 13.0 Å². The second kappa shape index (κ2) is 5.12. The Balaban J connectivity index is 2.89. The molecule has 0 heterocycles. The van der Waals surface area contributed by atoms with Crippen LogP contribution in [0.3, 0.4) is 0 Å². The minimum absolute atomic E-state index is 0.191. The molecule has 0 aliphatic rings. The molecule has 0 saturated heterocycles. The van der Waals surface area contributed by atoms with Crippen molar-refractivity contribution in [3.8, 4) is 6.07 Å². The normalized spacial score (nSPS) is 11.4. The van der Waals surface area contributed by atoms with Gasteiger partial charge >= 0.3 is 5.97 Å². The molecule has 0 radical (unpaired) electrons. The number of carboxylic acids is 1. The van der Waals surface area contributed by atoms with Gasteiger partial charge in [-0.25, -0.2) is 4.79 Å². The Bertz CT molecular complexity index is 503. The standard InChI is InChI=1S/C12H12N2O3/c1-7-5-9(3-4-10(7)12(16)17)14-11(15)8(2)6-13/h3-5,8H,1-2H3,(H,14,15)(H,16,17). The van der Waals surface area contributed by atoms with Crippen LogP contribution in [0.2, 0.25) is 0 Å². The van der Waals surface area contributed by atoms with Crippen molar-refractivity contribution in [2.24, 2.45) is 5.92 Å². The van der Waals surface area contributed by atoms with Crippen LogP contribution in [0, 0.1) is 24.2 Å². The van der Waals surface area contributed by atoms with Crippen LogP contribution in [-0.4, -0.2) is 17.0 Å². The first-order valence-corrected chi connectivity index (χ1v) is 5.00. The highest BCUT2D eigenvalue weighted by Crippen LogP contribution is 2.15. The fourth-order valence-electron chi connectivity index (χ4n) is 1.29. The van der Waals surface area contributed by atoms with Crippen molar-refractivity contribution in [3.05, 3.63) is 29.3 Å². The number of rotatable bonds is 3. The SMILES string of the molecule is Cc1cc(NC(=O)C(C)C#N)ccc1C(=O)O. The third-order valence-corrected chi connectivity index (χ3v) is 2.31. The number of benzene rings is 1. The van der Waals surface area contributed by atoms with Crippen LogP contribution in [0.1, 0.15) is 22.8 Å². The Morgan fingerprint density at radius 2 is 2.12 bits per heavy atom. The summed E-state index contributed by atoms with van der Waals surface area (Å²) in [5, 5.41) is 19.9. The summed E-state index contributed by atoms with van der Waals surface area (Å²) in [7, 11) is 0. The molecule has 0 aliphatic heterocycles. The van der Waals surface area contributed by atoms with Crippen LogP contribution in [-0.2, 0) is 4.79 Å². The molecule has 0 fully saturated rings. The smallest absolute Gasteiger partial charge is 0.335 e. The van der Waals surface area contributed by atoms with Crippen molar-refractivity contribution < 1.29 is 14.7 Å². The lowest BCUT2D eigenvalue weighted by Gasteiger charge is -2.08. The molecular weight excluding hydrogens is 220 g/mol. The number of aryl methyl sites for hydroxylation is 1. The molecule has 17 heavy (non-hydrogen) atoms. The van der Waals surface area contributed by atoms with Crippen molar-refractivity contribution in [2.75, 3.05) is 5.32 Å². The van der Waals surface area contributed by atoms with Gasteiger partial charge in [-0.1, -0.05) is 0 Å². The van der Waals surface area contributed by atoms with Gasteiger partial charge in [-0.3, -0.25) is 4.79 Å². The van der Waals surface area contributed by atoms with Crippen LogP contribution < -0.4 is 5.32 Å². The molecule has 5 heteroatoms. The summed E-state index contributed by atoms with van der Waals surface area (Å²) in [5.41, 5.74) is 1.23. The topological polar surface area (TPSA) is 90.2 Å². The van der Waals surface area contributed by atoms with E-state index in [9.17, 15) is 9.59 Å². The van der Waals surface area contributed by atoms with Gasteiger partial charge in [0.15, 0.2) is 0 Å². The second-order valence-corrected chi connectivity index (χ2v) is 3.67. The molecule has 1 unspecified atom stereocenters. The molecule has 1 amide bonds. The van der Waals surface area contributed by atoms with E-state index in [2.05, 4.69) is 5.32 Å². The van der Waals surface area contributed by atoms with E-state index in [0.717, 1.165) is 0 Å². The number of anilines is 1. The summed E-state index contributed by atoms with van der Waals surface area (Å²) in [6.45, 7) is 3.14. The zero-order valence-electron chi connectivity index (χ0n) is 9.52. The Morgan fingerprint density at radius 3 is 2.59 bits per heavy atom. The number of amides is 1. The van der Waals surface area contributed by atoms with Crippen molar-refractivity contribution in [1.29, 1.82) is 5.26 Å². The van der Waals surface area contributed by atoms with Crippen LogP contribution in [0.25, 0.3) is 0 Å². The van der Waals surface area contributed by atoms with Gasteiger partial charge in [-0.15, -0.1) is 0 Å². The molecule has 5 nitrogen and oxygen atoms in total. The predicted octanol–water partition coefficient (Wildman–Crippen LogP) is 1.79. The highest BCUT2D eigenvalue weighted by molar-refractivity contribution is 5.95.